The molecule has 0 fully saturated rings. The van der Waals surface area contributed by atoms with Gasteiger partial charge in [0.25, 0.3) is 0 Å². The van der Waals surface area contributed by atoms with Gasteiger partial charge in [-0.15, -0.1) is 0 Å². The Hall–Kier alpha value is -2.21. The van der Waals surface area contributed by atoms with Crippen molar-refractivity contribution in [3.05, 3.63) is 33.2 Å². The fourth-order valence-electron chi connectivity index (χ4n) is 3.38. The van der Waals surface area contributed by atoms with Gasteiger partial charge >= 0.3 is 6.08 Å². The molecule has 8 nitrogen and oxygen atoms in total. The molecular weight excluding hydrogens is 490 g/mol. The largest absolute Gasteiger partial charge is 0.454 e. The number of nitrogens with two attached hydrogens (primary N) is 1. The third-order valence-corrected chi connectivity index (χ3v) is 5.78. The Morgan fingerprint density at radius 3 is 2.62 bits per heavy atom. The number of aryl methyl sites for hydroxylation is 1. The van der Waals surface area contributed by atoms with Crippen molar-refractivity contribution >= 4 is 39.6 Å². The van der Waals surface area contributed by atoms with Gasteiger partial charge in [0.15, 0.2) is 28.5 Å². The number of hydrogen-bond donors (Lipinski definition) is 1. The van der Waals surface area contributed by atoms with Gasteiger partial charge < -0.3 is 24.3 Å². The van der Waals surface area contributed by atoms with Gasteiger partial charge in [0.05, 0.1) is 27.7 Å². The molecule has 0 atom stereocenters. The predicted molar refractivity (Wildman–Crippen MR) is 115 cm³/mol. The van der Waals surface area contributed by atoms with Gasteiger partial charge in [-0.3, -0.25) is 0 Å². The number of ether oxygens (including phenoxy) is 2. The summed E-state index contributed by atoms with van der Waals surface area (Å²) in [5, 5.41) is 0. The van der Waals surface area contributed by atoms with Crippen molar-refractivity contribution in [1.82, 2.24) is 19.5 Å². The van der Waals surface area contributed by atoms with Crippen LogP contribution in [0.25, 0.3) is 11.2 Å². The van der Waals surface area contributed by atoms with E-state index in [1.807, 2.05) is 16.7 Å². The fourth-order valence-corrected chi connectivity index (χ4v) is 4.01. The highest BCUT2D eigenvalue weighted by Gasteiger charge is 2.21. The van der Waals surface area contributed by atoms with E-state index < -0.39 is 6.08 Å². The molecule has 0 amide bonds. The molecular formula is C19H23FIN6O2+. The molecule has 10 heteroatoms. The molecule has 0 bridgehead atoms. The quantitative estimate of drug-likeness (QED) is 0.310. The lowest BCUT2D eigenvalue weighted by molar-refractivity contribution is -0.870. The summed E-state index contributed by atoms with van der Waals surface area (Å²) < 4.78 is 28.7. The first-order chi connectivity index (χ1) is 13.7. The molecule has 2 N–H and O–H groups in total. The van der Waals surface area contributed by atoms with E-state index in [-0.39, 0.29) is 12.6 Å². The van der Waals surface area contributed by atoms with E-state index >= 15 is 0 Å². The van der Waals surface area contributed by atoms with E-state index in [0.29, 0.717) is 24.1 Å². The summed E-state index contributed by atoms with van der Waals surface area (Å²) in [4.78, 5) is 12.3. The van der Waals surface area contributed by atoms with E-state index in [9.17, 15) is 4.39 Å². The van der Waals surface area contributed by atoms with Crippen molar-refractivity contribution in [3.63, 3.8) is 0 Å². The van der Waals surface area contributed by atoms with Crippen LogP contribution in [0, 0.1) is 9.65 Å². The number of halogens is 2. The number of fused-ring (bicyclic) bond motifs is 2. The minimum absolute atomic E-state index is 0.0551. The first-order valence-corrected chi connectivity index (χ1v) is 10.4. The second kappa shape index (κ2) is 7.56. The lowest BCUT2D eigenvalue weighted by atomic mass is 10.1. The maximum atomic E-state index is 13.9. The van der Waals surface area contributed by atoms with Crippen LogP contribution in [0.2, 0.25) is 0 Å². The number of rotatable bonds is 6. The van der Waals surface area contributed by atoms with Crippen LogP contribution < -0.4 is 15.2 Å². The zero-order valence-corrected chi connectivity index (χ0v) is 18.7. The van der Waals surface area contributed by atoms with E-state index in [2.05, 4.69) is 58.7 Å². The zero-order chi connectivity index (χ0) is 20.8. The highest BCUT2D eigenvalue weighted by atomic mass is 127. The Bertz CT molecular complexity index is 1080. The second-order valence-corrected chi connectivity index (χ2v) is 9.23. The number of nitrogen functional groups attached to an aromatic ring is 1. The number of aromatic nitrogens is 4. The molecule has 2 aromatic heterocycles. The van der Waals surface area contributed by atoms with Crippen LogP contribution in [0.4, 0.5) is 10.2 Å². The van der Waals surface area contributed by atoms with Gasteiger partial charge in [0, 0.05) is 23.0 Å². The van der Waals surface area contributed by atoms with Crippen molar-refractivity contribution in [2.24, 2.45) is 0 Å². The summed E-state index contributed by atoms with van der Waals surface area (Å²) in [6.45, 7) is 1.85. The number of benzene rings is 1. The fraction of sp³-hybridized carbons (Fsp3) is 0.421. The Morgan fingerprint density at radius 1 is 1.17 bits per heavy atom. The smallest absolute Gasteiger partial charge is 0.312 e. The number of quaternary nitrogens is 1. The summed E-state index contributed by atoms with van der Waals surface area (Å²) >= 11 is 2.27. The van der Waals surface area contributed by atoms with E-state index in [4.69, 9.17) is 15.2 Å². The molecule has 29 heavy (non-hydrogen) atoms. The second-order valence-electron chi connectivity index (χ2n) is 8.07. The van der Waals surface area contributed by atoms with Gasteiger partial charge in [-0.25, -0.2) is 4.98 Å². The standard InChI is InChI=1S/C19H23FIN6O2/c1-27(2,3)6-4-5-26-15(23-16-17(22)24-19(20)25-18(16)26)8-11-7-13-14(9-12(11)21)29-10-28-13/h7,9H,4-6,8,10H2,1-3H3,(H2,22,24,25)/q+1. The molecule has 154 valence electrons. The normalized spacial score (nSPS) is 13.4. The molecule has 1 aromatic carbocycles. The predicted octanol–water partition coefficient (Wildman–Crippen LogP) is 2.57. The van der Waals surface area contributed by atoms with E-state index in [0.717, 1.165) is 43.9 Å². The van der Waals surface area contributed by atoms with Crippen LogP contribution in [-0.4, -0.2) is 58.5 Å². The van der Waals surface area contributed by atoms with Crippen LogP contribution in [-0.2, 0) is 13.0 Å². The first kappa shape index (κ1) is 20.1. The number of anilines is 1. The first-order valence-electron chi connectivity index (χ1n) is 9.28. The molecule has 0 aliphatic carbocycles. The van der Waals surface area contributed by atoms with Crippen molar-refractivity contribution in [2.45, 2.75) is 19.4 Å². The molecule has 0 radical (unpaired) electrons. The molecule has 0 saturated carbocycles. The van der Waals surface area contributed by atoms with Gasteiger partial charge in [0.2, 0.25) is 6.79 Å². The molecule has 0 spiro atoms. The highest BCUT2D eigenvalue weighted by Crippen LogP contribution is 2.36. The van der Waals surface area contributed by atoms with Crippen molar-refractivity contribution in [2.75, 3.05) is 40.2 Å². The van der Waals surface area contributed by atoms with Gasteiger partial charge in [-0.2, -0.15) is 14.4 Å². The monoisotopic (exact) mass is 513 g/mol. The Morgan fingerprint density at radius 2 is 1.90 bits per heavy atom. The molecule has 1 aliphatic heterocycles. The van der Waals surface area contributed by atoms with Crippen LogP contribution in [0.3, 0.4) is 0 Å². The molecule has 3 heterocycles. The molecule has 1 aliphatic rings. The average molecular weight is 513 g/mol. The Labute approximate surface area is 181 Å². The topological polar surface area (TPSA) is 88.1 Å². The number of nitrogens with zero attached hydrogens (tertiary/aromatic N) is 5. The minimum atomic E-state index is -0.841. The van der Waals surface area contributed by atoms with Crippen molar-refractivity contribution in [3.8, 4) is 11.5 Å². The molecule has 0 saturated heterocycles. The summed E-state index contributed by atoms with van der Waals surface area (Å²) in [6.07, 6.45) is 0.592. The SMILES string of the molecule is C[N+](C)(C)CCCn1c(Cc2cc3c(cc2I)OCO3)nc2c(N)nc(F)nc21. The van der Waals surface area contributed by atoms with Crippen molar-refractivity contribution < 1.29 is 18.3 Å². The Balaban J connectivity index is 1.73. The maximum Gasteiger partial charge on any atom is 0.312 e. The lowest BCUT2D eigenvalue weighted by Crippen LogP contribution is -2.35. The third-order valence-electron chi connectivity index (χ3n) is 4.77. The lowest BCUT2D eigenvalue weighted by Gasteiger charge is -2.24. The van der Waals surface area contributed by atoms with Crippen LogP contribution >= 0.6 is 22.6 Å². The summed E-state index contributed by atoms with van der Waals surface area (Å²) in [5.74, 6) is 2.29. The molecule has 4 rings (SSSR count). The van der Waals surface area contributed by atoms with E-state index in [1.54, 1.807) is 0 Å². The van der Waals surface area contributed by atoms with Crippen LogP contribution in [0.15, 0.2) is 12.1 Å². The van der Waals surface area contributed by atoms with Crippen LogP contribution in [0.5, 0.6) is 11.5 Å². The van der Waals surface area contributed by atoms with E-state index in [1.165, 1.54) is 0 Å². The number of imidazole rings is 1. The highest BCUT2D eigenvalue weighted by molar-refractivity contribution is 14.1. The summed E-state index contributed by atoms with van der Waals surface area (Å²) in [5.41, 5.74) is 7.84. The average Bonchev–Trinajstić information content (AvgIpc) is 3.19. The van der Waals surface area contributed by atoms with Gasteiger partial charge in [0.1, 0.15) is 5.82 Å². The third kappa shape index (κ3) is 4.22. The molecule has 3 aromatic rings. The van der Waals surface area contributed by atoms with Crippen LogP contribution in [0.1, 0.15) is 17.8 Å². The maximum absolute atomic E-state index is 13.9. The Kier molecular flexibility index (Phi) is 5.23. The number of hydrogen-bond acceptors (Lipinski definition) is 6. The van der Waals surface area contributed by atoms with Crippen molar-refractivity contribution in [1.29, 1.82) is 0 Å². The van der Waals surface area contributed by atoms with Gasteiger partial charge in [-0.1, -0.05) is 0 Å². The molecule has 0 unspecified atom stereocenters. The summed E-state index contributed by atoms with van der Waals surface area (Å²) in [6, 6.07) is 3.92. The van der Waals surface area contributed by atoms with Gasteiger partial charge in [-0.05, 0) is 40.3 Å². The minimum Gasteiger partial charge on any atom is -0.454 e. The zero-order valence-electron chi connectivity index (χ0n) is 16.6. The summed E-state index contributed by atoms with van der Waals surface area (Å²) in [7, 11) is 6.42.